The van der Waals surface area contributed by atoms with Gasteiger partial charge in [-0.05, 0) is 19.3 Å². The second-order valence-corrected chi connectivity index (χ2v) is 4.09. The molecule has 0 bridgehead atoms. The zero-order valence-electron chi connectivity index (χ0n) is 10.7. The molecule has 0 saturated carbocycles. The minimum Gasteiger partial charge on any atom is -0.385 e. The Kier molecular flexibility index (Phi) is 10.3. The van der Waals surface area contributed by atoms with Gasteiger partial charge in [0.05, 0.1) is 6.61 Å². The summed E-state index contributed by atoms with van der Waals surface area (Å²) >= 11 is 0. The Morgan fingerprint density at radius 1 is 1.13 bits per heavy atom. The molecule has 2 atom stereocenters. The van der Waals surface area contributed by atoms with E-state index < -0.39 is 0 Å². The molecule has 0 aliphatic heterocycles. The molecule has 0 aliphatic rings. The van der Waals surface area contributed by atoms with E-state index in [9.17, 15) is 0 Å². The largest absolute Gasteiger partial charge is 0.385 e. The van der Waals surface area contributed by atoms with E-state index in [0.717, 1.165) is 38.7 Å². The Morgan fingerprint density at radius 2 is 1.87 bits per heavy atom. The average Bonchev–Trinajstić information content (AvgIpc) is 2.26. The fourth-order valence-electron chi connectivity index (χ4n) is 1.32. The van der Waals surface area contributed by atoms with Gasteiger partial charge in [-0.15, -0.1) is 0 Å². The van der Waals surface area contributed by atoms with E-state index in [0.29, 0.717) is 6.04 Å². The highest BCUT2D eigenvalue weighted by atomic mass is 16.5. The SMILES string of the molecule is CCC(C)C(C)NCCOCCCOC. The van der Waals surface area contributed by atoms with E-state index in [2.05, 4.69) is 26.1 Å². The molecule has 3 nitrogen and oxygen atoms in total. The first-order chi connectivity index (χ1) is 7.22. The molecule has 92 valence electrons. The summed E-state index contributed by atoms with van der Waals surface area (Å²) < 4.78 is 10.4. The van der Waals surface area contributed by atoms with Crippen LogP contribution in [0.2, 0.25) is 0 Å². The van der Waals surface area contributed by atoms with E-state index in [1.165, 1.54) is 6.42 Å². The number of rotatable bonds is 10. The van der Waals surface area contributed by atoms with Gasteiger partial charge in [0.2, 0.25) is 0 Å². The molecular formula is C12H27NO2. The molecule has 0 rings (SSSR count). The van der Waals surface area contributed by atoms with Crippen molar-refractivity contribution in [1.82, 2.24) is 5.32 Å². The zero-order valence-corrected chi connectivity index (χ0v) is 10.7. The number of nitrogens with one attached hydrogen (secondary N) is 1. The van der Waals surface area contributed by atoms with Crippen LogP contribution in [0.4, 0.5) is 0 Å². The molecule has 2 unspecified atom stereocenters. The second-order valence-electron chi connectivity index (χ2n) is 4.09. The molecule has 0 aromatic carbocycles. The van der Waals surface area contributed by atoms with Gasteiger partial charge in [0, 0.05) is 32.9 Å². The van der Waals surface area contributed by atoms with Gasteiger partial charge < -0.3 is 14.8 Å². The maximum absolute atomic E-state index is 5.46. The van der Waals surface area contributed by atoms with Crippen LogP contribution in [0.1, 0.15) is 33.6 Å². The van der Waals surface area contributed by atoms with Crippen molar-refractivity contribution in [3.8, 4) is 0 Å². The molecule has 15 heavy (non-hydrogen) atoms. The van der Waals surface area contributed by atoms with Crippen molar-refractivity contribution >= 4 is 0 Å². The number of methoxy groups -OCH3 is 1. The summed E-state index contributed by atoms with van der Waals surface area (Å²) in [5.74, 6) is 0.735. The van der Waals surface area contributed by atoms with Crippen LogP contribution in [0.3, 0.4) is 0 Å². The van der Waals surface area contributed by atoms with Gasteiger partial charge in [-0.25, -0.2) is 0 Å². The fraction of sp³-hybridized carbons (Fsp3) is 1.00. The van der Waals surface area contributed by atoms with Crippen molar-refractivity contribution in [2.75, 3.05) is 33.5 Å². The van der Waals surface area contributed by atoms with Gasteiger partial charge >= 0.3 is 0 Å². The highest BCUT2D eigenvalue weighted by molar-refractivity contribution is 4.66. The Bertz CT molecular complexity index is 131. The first kappa shape index (κ1) is 14.9. The van der Waals surface area contributed by atoms with Crippen LogP contribution in [-0.4, -0.2) is 39.5 Å². The zero-order chi connectivity index (χ0) is 11.5. The summed E-state index contributed by atoms with van der Waals surface area (Å²) in [4.78, 5) is 0. The summed E-state index contributed by atoms with van der Waals surface area (Å²) in [5.41, 5.74) is 0. The topological polar surface area (TPSA) is 30.5 Å². The average molecular weight is 217 g/mol. The van der Waals surface area contributed by atoms with Crippen molar-refractivity contribution < 1.29 is 9.47 Å². The lowest BCUT2D eigenvalue weighted by atomic mass is 10.0. The molecule has 0 radical (unpaired) electrons. The maximum Gasteiger partial charge on any atom is 0.0591 e. The Morgan fingerprint density at radius 3 is 2.47 bits per heavy atom. The van der Waals surface area contributed by atoms with Crippen molar-refractivity contribution in [3.63, 3.8) is 0 Å². The fourth-order valence-corrected chi connectivity index (χ4v) is 1.32. The van der Waals surface area contributed by atoms with Crippen LogP contribution in [0, 0.1) is 5.92 Å². The number of hydrogen-bond acceptors (Lipinski definition) is 3. The Hall–Kier alpha value is -0.120. The van der Waals surface area contributed by atoms with Gasteiger partial charge in [-0.1, -0.05) is 20.3 Å². The lowest BCUT2D eigenvalue weighted by Gasteiger charge is -2.19. The highest BCUT2D eigenvalue weighted by Crippen LogP contribution is 2.05. The minimum absolute atomic E-state index is 0.581. The lowest BCUT2D eigenvalue weighted by Crippen LogP contribution is -2.34. The second kappa shape index (κ2) is 10.4. The molecule has 0 spiro atoms. The molecule has 0 amide bonds. The third kappa shape index (κ3) is 8.85. The summed E-state index contributed by atoms with van der Waals surface area (Å²) in [5, 5.41) is 3.47. The van der Waals surface area contributed by atoms with Crippen LogP contribution in [0.5, 0.6) is 0 Å². The van der Waals surface area contributed by atoms with Crippen molar-refractivity contribution in [1.29, 1.82) is 0 Å². The summed E-state index contributed by atoms with van der Waals surface area (Å²) in [6, 6.07) is 0.581. The molecular weight excluding hydrogens is 190 g/mol. The third-order valence-electron chi connectivity index (χ3n) is 2.85. The molecule has 0 fully saturated rings. The van der Waals surface area contributed by atoms with Crippen molar-refractivity contribution in [2.24, 2.45) is 5.92 Å². The quantitative estimate of drug-likeness (QED) is 0.568. The van der Waals surface area contributed by atoms with Crippen molar-refractivity contribution in [3.05, 3.63) is 0 Å². The van der Waals surface area contributed by atoms with Crippen molar-refractivity contribution in [2.45, 2.75) is 39.7 Å². The van der Waals surface area contributed by atoms with Crippen LogP contribution >= 0.6 is 0 Å². The highest BCUT2D eigenvalue weighted by Gasteiger charge is 2.07. The third-order valence-corrected chi connectivity index (χ3v) is 2.85. The predicted octanol–water partition coefficient (Wildman–Crippen LogP) is 2.06. The predicted molar refractivity (Wildman–Crippen MR) is 64.2 cm³/mol. The van der Waals surface area contributed by atoms with E-state index in [1.54, 1.807) is 7.11 Å². The molecule has 0 aromatic rings. The molecule has 0 aromatic heterocycles. The van der Waals surface area contributed by atoms with Gasteiger partial charge in [-0.2, -0.15) is 0 Å². The maximum atomic E-state index is 5.46. The number of ether oxygens (including phenoxy) is 2. The first-order valence-corrected chi connectivity index (χ1v) is 6.02. The van der Waals surface area contributed by atoms with Crippen LogP contribution in [-0.2, 0) is 9.47 Å². The van der Waals surface area contributed by atoms with Gasteiger partial charge in [0.15, 0.2) is 0 Å². The van der Waals surface area contributed by atoms with Gasteiger partial charge in [0.25, 0.3) is 0 Å². The summed E-state index contributed by atoms with van der Waals surface area (Å²) in [6.45, 7) is 10.1. The van der Waals surface area contributed by atoms with E-state index >= 15 is 0 Å². The van der Waals surface area contributed by atoms with Crippen LogP contribution in [0.25, 0.3) is 0 Å². The van der Waals surface area contributed by atoms with Gasteiger partial charge in [-0.3, -0.25) is 0 Å². The Labute approximate surface area is 94.5 Å². The van der Waals surface area contributed by atoms with Gasteiger partial charge in [0.1, 0.15) is 0 Å². The smallest absolute Gasteiger partial charge is 0.0591 e. The standard InChI is InChI=1S/C12H27NO2/c1-5-11(2)12(3)13-7-10-15-9-6-8-14-4/h11-13H,5-10H2,1-4H3. The first-order valence-electron chi connectivity index (χ1n) is 6.02. The van der Waals surface area contributed by atoms with Crippen LogP contribution in [0.15, 0.2) is 0 Å². The van der Waals surface area contributed by atoms with E-state index in [1.807, 2.05) is 0 Å². The van der Waals surface area contributed by atoms with E-state index in [-0.39, 0.29) is 0 Å². The number of hydrogen-bond donors (Lipinski definition) is 1. The minimum atomic E-state index is 0.581. The molecule has 3 heteroatoms. The lowest BCUT2D eigenvalue weighted by molar-refractivity contribution is 0.102. The van der Waals surface area contributed by atoms with Crippen LogP contribution < -0.4 is 5.32 Å². The summed E-state index contributed by atoms with van der Waals surface area (Å²) in [6.07, 6.45) is 2.21. The molecule has 0 aliphatic carbocycles. The molecule has 0 heterocycles. The molecule has 1 N–H and O–H groups in total. The van der Waals surface area contributed by atoms with E-state index in [4.69, 9.17) is 9.47 Å². The summed E-state index contributed by atoms with van der Waals surface area (Å²) in [7, 11) is 1.72. The monoisotopic (exact) mass is 217 g/mol. The Balaban J connectivity index is 3.16. The molecule has 0 saturated heterocycles. The normalized spacial score (nSPS) is 15.2.